The number of nitrogens with one attached hydrogen (secondary N) is 1. The van der Waals surface area contributed by atoms with E-state index in [1.165, 1.54) is 30.3 Å². The maximum atomic E-state index is 13.5. The number of hydrogen-bond donors (Lipinski definition) is 1. The smallest absolute Gasteiger partial charge is 0.206 e. The molecule has 3 aromatic rings. The standard InChI is InChI=1S/C21H20FNO5S2/c22-14-2-1-3-15(12-14)30(26,27)16-4-5-17-18-6-9-23-21(20(18)28-19(17)13-16)7-10-29(24,25)11-8-21/h1-5,12-13,23H,6-11H2. The van der Waals surface area contributed by atoms with E-state index in [4.69, 9.17) is 4.42 Å². The Kier molecular flexibility index (Phi) is 4.36. The highest BCUT2D eigenvalue weighted by atomic mass is 32.2. The normalized spacial score (nSPS) is 20.3. The second kappa shape index (κ2) is 6.63. The lowest BCUT2D eigenvalue weighted by molar-refractivity contribution is 0.236. The van der Waals surface area contributed by atoms with Crippen LogP contribution in [-0.4, -0.2) is 34.9 Å². The Balaban J connectivity index is 1.61. The molecule has 0 saturated carbocycles. The Labute approximate surface area is 173 Å². The molecular weight excluding hydrogens is 429 g/mol. The predicted octanol–water partition coefficient (Wildman–Crippen LogP) is 2.95. The fourth-order valence-corrected chi connectivity index (χ4v) is 7.33. The third kappa shape index (κ3) is 3.07. The number of fused-ring (bicyclic) bond motifs is 4. The van der Waals surface area contributed by atoms with E-state index in [0.29, 0.717) is 37.2 Å². The quantitative estimate of drug-likeness (QED) is 0.647. The van der Waals surface area contributed by atoms with E-state index < -0.39 is 31.0 Å². The highest BCUT2D eigenvalue weighted by Crippen LogP contribution is 2.43. The second-order valence-corrected chi connectivity index (χ2v) is 12.2. The van der Waals surface area contributed by atoms with Crippen LogP contribution in [0.3, 0.4) is 0 Å². The summed E-state index contributed by atoms with van der Waals surface area (Å²) in [4.78, 5) is -0.0891. The molecule has 6 nitrogen and oxygen atoms in total. The first-order valence-electron chi connectivity index (χ1n) is 9.72. The van der Waals surface area contributed by atoms with Crippen molar-refractivity contribution in [1.29, 1.82) is 0 Å². The van der Waals surface area contributed by atoms with Gasteiger partial charge in [0, 0.05) is 23.6 Å². The van der Waals surface area contributed by atoms with Crippen molar-refractivity contribution in [3.05, 3.63) is 59.6 Å². The van der Waals surface area contributed by atoms with Gasteiger partial charge in [0.25, 0.3) is 0 Å². The van der Waals surface area contributed by atoms with Crippen LogP contribution in [0.5, 0.6) is 0 Å². The van der Waals surface area contributed by atoms with E-state index in [9.17, 15) is 21.2 Å². The summed E-state index contributed by atoms with van der Waals surface area (Å²) in [6.45, 7) is 0.699. The van der Waals surface area contributed by atoms with Gasteiger partial charge >= 0.3 is 0 Å². The third-order valence-corrected chi connectivity index (χ3v) is 9.54. The molecule has 1 spiro atoms. The van der Waals surface area contributed by atoms with Gasteiger partial charge in [0.1, 0.15) is 27.0 Å². The SMILES string of the molecule is O=S1(=O)CCC2(CC1)NCCc1c2oc2cc(S(=O)(=O)c3cccc(F)c3)ccc12. The summed E-state index contributed by atoms with van der Waals surface area (Å²) in [7, 11) is -6.94. The second-order valence-electron chi connectivity index (χ2n) is 7.94. The number of sulfone groups is 2. The number of furan rings is 1. The molecule has 2 aliphatic rings. The number of benzene rings is 2. The van der Waals surface area contributed by atoms with Crippen molar-refractivity contribution in [3.63, 3.8) is 0 Å². The summed E-state index contributed by atoms with van der Waals surface area (Å²) >= 11 is 0. The molecule has 0 atom stereocenters. The summed E-state index contributed by atoms with van der Waals surface area (Å²) in [5.74, 6) is 0.274. The average molecular weight is 450 g/mol. The van der Waals surface area contributed by atoms with E-state index in [-0.39, 0.29) is 21.3 Å². The molecular formula is C21H20FNO5S2. The fraction of sp³-hybridized carbons (Fsp3) is 0.333. The summed E-state index contributed by atoms with van der Waals surface area (Å²) in [5.41, 5.74) is 0.895. The molecule has 0 amide bonds. The highest BCUT2D eigenvalue weighted by Gasteiger charge is 2.44. The lowest BCUT2D eigenvalue weighted by atomic mass is 9.83. The Morgan fingerprint density at radius 1 is 1.03 bits per heavy atom. The number of rotatable bonds is 2. The van der Waals surface area contributed by atoms with Crippen LogP contribution >= 0.6 is 0 Å². The zero-order valence-electron chi connectivity index (χ0n) is 16.0. The van der Waals surface area contributed by atoms with Crippen molar-refractivity contribution < 1.29 is 25.6 Å². The van der Waals surface area contributed by atoms with Gasteiger partial charge in [0.15, 0.2) is 0 Å². The molecule has 30 heavy (non-hydrogen) atoms. The average Bonchev–Trinajstić information content (AvgIpc) is 3.10. The first kappa shape index (κ1) is 19.7. The lowest BCUT2D eigenvalue weighted by Crippen LogP contribution is -2.51. The summed E-state index contributed by atoms with van der Waals surface area (Å²) in [6.07, 6.45) is 1.57. The van der Waals surface area contributed by atoms with Gasteiger partial charge in [-0.1, -0.05) is 6.07 Å². The first-order chi connectivity index (χ1) is 14.2. The molecule has 2 aliphatic heterocycles. The minimum absolute atomic E-state index is 0.0277. The van der Waals surface area contributed by atoms with Gasteiger partial charge < -0.3 is 9.73 Å². The Morgan fingerprint density at radius 2 is 1.77 bits per heavy atom. The van der Waals surface area contributed by atoms with Crippen molar-refractivity contribution in [2.75, 3.05) is 18.1 Å². The molecule has 3 heterocycles. The van der Waals surface area contributed by atoms with E-state index in [0.717, 1.165) is 17.0 Å². The zero-order valence-corrected chi connectivity index (χ0v) is 17.7. The molecule has 0 radical (unpaired) electrons. The Morgan fingerprint density at radius 3 is 2.50 bits per heavy atom. The molecule has 2 aromatic carbocycles. The van der Waals surface area contributed by atoms with Crippen LogP contribution in [0.4, 0.5) is 4.39 Å². The van der Waals surface area contributed by atoms with Crippen LogP contribution in [0, 0.1) is 5.82 Å². The lowest BCUT2D eigenvalue weighted by Gasteiger charge is -2.39. The molecule has 0 unspecified atom stereocenters. The van der Waals surface area contributed by atoms with E-state index in [1.54, 1.807) is 6.07 Å². The van der Waals surface area contributed by atoms with Crippen LogP contribution in [-0.2, 0) is 31.6 Å². The van der Waals surface area contributed by atoms with Gasteiger partial charge in [-0.25, -0.2) is 21.2 Å². The first-order valence-corrected chi connectivity index (χ1v) is 13.0. The zero-order chi connectivity index (χ0) is 21.1. The Hall–Kier alpha value is -2.23. The van der Waals surface area contributed by atoms with E-state index in [1.807, 2.05) is 0 Å². The van der Waals surface area contributed by atoms with Crippen molar-refractivity contribution >= 4 is 30.6 Å². The van der Waals surface area contributed by atoms with Gasteiger partial charge in [-0.2, -0.15) is 0 Å². The molecule has 1 saturated heterocycles. The molecule has 158 valence electrons. The monoisotopic (exact) mass is 449 g/mol. The maximum Gasteiger partial charge on any atom is 0.206 e. The van der Waals surface area contributed by atoms with Gasteiger partial charge in [-0.3, -0.25) is 0 Å². The van der Waals surface area contributed by atoms with E-state index in [2.05, 4.69) is 5.32 Å². The van der Waals surface area contributed by atoms with Crippen molar-refractivity contribution in [2.45, 2.75) is 34.6 Å². The van der Waals surface area contributed by atoms with Crippen molar-refractivity contribution in [2.24, 2.45) is 0 Å². The van der Waals surface area contributed by atoms with Crippen molar-refractivity contribution in [1.82, 2.24) is 5.32 Å². The van der Waals surface area contributed by atoms with Gasteiger partial charge in [-0.15, -0.1) is 0 Å². The van der Waals surface area contributed by atoms with Crippen LogP contribution in [0.1, 0.15) is 24.2 Å². The summed E-state index contributed by atoms with van der Waals surface area (Å²) < 4.78 is 69.4. The molecule has 1 N–H and O–H groups in total. The van der Waals surface area contributed by atoms with Crippen LogP contribution in [0.2, 0.25) is 0 Å². The molecule has 0 bridgehead atoms. The largest absolute Gasteiger partial charge is 0.459 e. The summed E-state index contributed by atoms with van der Waals surface area (Å²) in [5, 5.41) is 4.28. The molecule has 1 fully saturated rings. The molecule has 5 rings (SSSR count). The van der Waals surface area contributed by atoms with E-state index >= 15 is 0 Å². The maximum absolute atomic E-state index is 13.5. The summed E-state index contributed by atoms with van der Waals surface area (Å²) in [6, 6.07) is 9.62. The van der Waals surface area contributed by atoms with Crippen LogP contribution < -0.4 is 5.32 Å². The minimum atomic E-state index is -3.90. The Bertz CT molecular complexity index is 1360. The molecule has 0 aliphatic carbocycles. The highest BCUT2D eigenvalue weighted by molar-refractivity contribution is 7.91. The fourth-order valence-electron chi connectivity index (χ4n) is 4.50. The topological polar surface area (TPSA) is 93.4 Å². The molecule has 9 heteroatoms. The minimum Gasteiger partial charge on any atom is -0.459 e. The van der Waals surface area contributed by atoms with Crippen LogP contribution in [0.25, 0.3) is 11.0 Å². The molecule has 1 aromatic heterocycles. The van der Waals surface area contributed by atoms with Crippen LogP contribution in [0.15, 0.2) is 56.7 Å². The van der Waals surface area contributed by atoms with Gasteiger partial charge in [-0.05, 0) is 49.6 Å². The van der Waals surface area contributed by atoms with Crippen molar-refractivity contribution in [3.8, 4) is 0 Å². The van der Waals surface area contributed by atoms with Gasteiger partial charge in [0.05, 0.1) is 26.8 Å². The van der Waals surface area contributed by atoms with Gasteiger partial charge in [0.2, 0.25) is 9.84 Å². The third-order valence-electron chi connectivity index (χ3n) is 6.13. The number of hydrogen-bond acceptors (Lipinski definition) is 6. The number of halogens is 1. The predicted molar refractivity (Wildman–Crippen MR) is 109 cm³/mol.